The largest absolute Gasteiger partial charge is 0.348 e. The number of aryl methyl sites for hydroxylation is 2. The third-order valence-electron chi connectivity index (χ3n) is 4.26. The van der Waals surface area contributed by atoms with Crippen molar-refractivity contribution in [3.05, 3.63) is 17.5 Å². The minimum absolute atomic E-state index is 0.248. The van der Waals surface area contributed by atoms with E-state index in [9.17, 15) is 0 Å². The molecule has 1 aliphatic heterocycles. The normalized spacial score (nSPS) is 23.3. The second-order valence-electron chi connectivity index (χ2n) is 5.68. The molecular formula is C14H23N3O2. The van der Waals surface area contributed by atoms with Crippen LogP contribution in [0.2, 0.25) is 0 Å². The Labute approximate surface area is 114 Å². The van der Waals surface area contributed by atoms with Crippen molar-refractivity contribution < 1.29 is 9.47 Å². The van der Waals surface area contributed by atoms with Gasteiger partial charge in [0.05, 0.1) is 18.9 Å². The van der Waals surface area contributed by atoms with E-state index in [1.54, 1.807) is 0 Å². The molecule has 1 aliphatic carbocycles. The zero-order valence-electron chi connectivity index (χ0n) is 11.8. The highest BCUT2D eigenvalue weighted by molar-refractivity contribution is 5.15. The molecule has 2 heterocycles. The Morgan fingerprint density at radius 2 is 2.05 bits per heavy atom. The molecule has 1 saturated carbocycles. The molecule has 2 fully saturated rings. The second-order valence-corrected chi connectivity index (χ2v) is 5.68. The predicted octanol–water partition coefficient (Wildman–Crippen LogP) is 1.50. The van der Waals surface area contributed by atoms with E-state index in [2.05, 4.69) is 23.5 Å². The SMILES string of the molecule is Cc1nn(C)cc1CNC1CCC2(CC1)OCCO2. The first-order chi connectivity index (χ1) is 9.17. The number of hydrogen-bond acceptors (Lipinski definition) is 4. The summed E-state index contributed by atoms with van der Waals surface area (Å²) in [5.41, 5.74) is 2.40. The summed E-state index contributed by atoms with van der Waals surface area (Å²) in [6, 6.07) is 0.568. The number of nitrogens with zero attached hydrogens (tertiary/aromatic N) is 2. The molecule has 2 aliphatic rings. The fourth-order valence-corrected chi connectivity index (χ4v) is 3.12. The molecule has 106 valence electrons. The Bertz CT molecular complexity index is 428. The molecule has 0 radical (unpaired) electrons. The van der Waals surface area contributed by atoms with Gasteiger partial charge < -0.3 is 14.8 Å². The molecule has 1 aromatic rings. The minimum Gasteiger partial charge on any atom is -0.348 e. The van der Waals surface area contributed by atoms with Crippen molar-refractivity contribution in [1.82, 2.24) is 15.1 Å². The van der Waals surface area contributed by atoms with Crippen molar-refractivity contribution in [2.24, 2.45) is 7.05 Å². The zero-order chi connectivity index (χ0) is 13.3. The molecule has 1 N–H and O–H groups in total. The van der Waals surface area contributed by atoms with Gasteiger partial charge in [-0.1, -0.05) is 0 Å². The molecule has 0 atom stereocenters. The van der Waals surface area contributed by atoms with E-state index in [0.29, 0.717) is 6.04 Å². The van der Waals surface area contributed by atoms with E-state index in [1.807, 2.05) is 11.7 Å². The number of hydrogen-bond donors (Lipinski definition) is 1. The fourth-order valence-electron chi connectivity index (χ4n) is 3.12. The molecule has 5 heteroatoms. The van der Waals surface area contributed by atoms with Crippen LogP contribution in [-0.4, -0.2) is 34.8 Å². The second kappa shape index (κ2) is 5.23. The molecule has 1 saturated heterocycles. The van der Waals surface area contributed by atoms with Gasteiger partial charge in [0.1, 0.15) is 0 Å². The first-order valence-electron chi connectivity index (χ1n) is 7.17. The number of rotatable bonds is 3. The first-order valence-corrected chi connectivity index (χ1v) is 7.17. The molecule has 0 bridgehead atoms. The Balaban J connectivity index is 1.48. The summed E-state index contributed by atoms with van der Waals surface area (Å²) in [4.78, 5) is 0. The number of nitrogens with one attached hydrogen (secondary N) is 1. The predicted molar refractivity (Wildman–Crippen MR) is 71.7 cm³/mol. The molecule has 1 spiro atoms. The molecule has 0 amide bonds. The van der Waals surface area contributed by atoms with Gasteiger partial charge in [0.15, 0.2) is 5.79 Å². The van der Waals surface area contributed by atoms with Gasteiger partial charge in [-0.2, -0.15) is 5.10 Å². The fraction of sp³-hybridized carbons (Fsp3) is 0.786. The Kier molecular flexibility index (Phi) is 3.60. The lowest BCUT2D eigenvalue weighted by Crippen LogP contribution is -2.41. The third-order valence-corrected chi connectivity index (χ3v) is 4.26. The standard InChI is InChI=1S/C14H23N3O2/c1-11-12(10-17(2)16-11)9-15-13-3-5-14(6-4-13)18-7-8-19-14/h10,13,15H,3-9H2,1-2H3. The maximum atomic E-state index is 5.75. The van der Waals surface area contributed by atoms with Gasteiger partial charge in [0, 0.05) is 44.2 Å². The summed E-state index contributed by atoms with van der Waals surface area (Å²) >= 11 is 0. The van der Waals surface area contributed by atoms with Crippen LogP contribution in [0.25, 0.3) is 0 Å². The zero-order valence-corrected chi connectivity index (χ0v) is 11.8. The summed E-state index contributed by atoms with van der Waals surface area (Å²) in [5.74, 6) is -0.248. The molecule has 0 aromatic carbocycles. The van der Waals surface area contributed by atoms with Crippen LogP contribution < -0.4 is 5.32 Å². The number of aromatic nitrogens is 2. The van der Waals surface area contributed by atoms with E-state index in [0.717, 1.165) is 51.1 Å². The minimum atomic E-state index is -0.248. The van der Waals surface area contributed by atoms with Crippen molar-refractivity contribution in [1.29, 1.82) is 0 Å². The molecule has 19 heavy (non-hydrogen) atoms. The smallest absolute Gasteiger partial charge is 0.168 e. The first kappa shape index (κ1) is 13.1. The average molecular weight is 265 g/mol. The average Bonchev–Trinajstić information content (AvgIpc) is 2.97. The van der Waals surface area contributed by atoms with Gasteiger partial charge in [-0.3, -0.25) is 4.68 Å². The van der Waals surface area contributed by atoms with Crippen molar-refractivity contribution in [2.75, 3.05) is 13.2 Å². The van der Waals surface area contributed by atoms with Crippen molar-refractivity contribution in [3.8, 4) is 0 Å². The van der Waals surface area contributed by atoms with Gasteiger partial charge >= 0.3 is 0 Å². The van der Waals surface area contributed by atoms with E-state index < -0.39 is 0 Å². The monoisotopic (exact) mass is 265 g/mol. The quantitative estimate of drug-likeness (QED) is 0.900. The van der Waals surface area contributed by atoms with E-state index in [1.165, 1.54) is 5.56 Å². The Morgan fingerprint density at radius 1 is 1.37 bits per heavy atom. The summed E-state index contributed by atoms with van der Waals surface area (Å²) in [7, 11) is 1.97. The lowest BCUT2D eigenvalue weighted by molar-refractivity contribution is -0.179. The van der Waals surface area contributed by atoms with Gasteiger partial charge in [-0.05, 0) is 19.8 Å². The van der Waals surface area contributed by atoms with Crippen LogP contribution in [0.4, 0.5) is 0 Å². The van der Waals surface area contributed by atoms with Gasteiger partial charge in [-0.25, -0.2) is 0 Å². The van der Waals surface area contributed by atoms with Crippen LogP contribution in [0.5, 0.6) is 0 Å². The highest BCUT2D eigenvalue weighted by Crippen LogP contribution is 2.35. The molecule has 5 nitrogen and oxygen atoms in total. The van der Waals surface area contributed by atoms with Crippen LogP contribution in [-0.2, 0) is 23.1 Å². The van der Waals surface area contributed by atoms with Crippen LogP contribution in [0.1, 0.15) is 36.9 Å². The molecule has 3 rings (SSSR count). The summed E-state index contributed by atoms with van der Waals surface area (Å²) < 4.78 is 13.4. The summed E-state index contributed by atoms with van der Waals surface area (Å²) in [5, 5.41) is 8.00. The highest BCUT2D eigenvalue weighted by atomic mass is 16.7. The van der Waals surface area contributed by atoms with Crippen molar-refractivity contribution in [2.45, 2.75) is 51.0 Å². The third kappa shape index (κ3) is 2.83. The lowest BCUT2D eigenvalue weighted by atomic mass is 9.90. The van der Waals surface area contributed by atoms with Gasteiger partial charge in [0.2, 0.25) is 0 Å². The van der Waals surface area contributed by atoms with E-state index in [4.69, 9.17) is 9.47 Å². The molecule has 0 unspecified atom stereocenters. The van der Waals surface area contributed by atoms with Crippen LogP contribution in [0.3, 0.4) is 0 Å². The van der Waals surface area contributed by atoms with E-state index >= 15 is 0 Å². The topological polar surface area (TPSA) is 48.3 Å². The number of ether oxygens (including phenoxy) is 2. The maximum absolute atomic E-state index is 5.75. The van der Waals surface area contributed by atoms with Gasteiger partial charge in [-0.15, -0.1) is 0 Å². The van der Waals surface area contributed by atoms with Crippen LogP contribution in [0.15, 0.2) is 6.20 Å². The van der Waals surface area contributed by atoms with Gasteiger partial charge in [0.25, 0.3) is 0 Å². The lowest BCUT2D eigenvalue weighted by Gasteiger charge is -2.35. The summed E-state index contributed by atoms with van der Waals surface area (Å²) in [6.45, 7) is 4.48. The van der Waals surface area contributed by atoms with Crippen molar-refractivity contribution >= 4 is 0 Å². The molecular weight excluding hydrogens is 242 g/mol. The van der Waals surface area contributed by atoms with Crippen LogP contribution in [0, 0.1) is 6.92 Å². The van der Waals surface area contributed by atoms with Crippen LogP contribution >= 0.6 is 0 Å². The van der Waals surface area contributed by atoms with Crippen molar-refractivity contribution in [3.63, 3.8) is 0 Å². The highest BCUT2D eigenvalue weighted by Gasteiger charge is 2.40. The van der Waals surface area contributed by atoms with E-state index in [-0.39, 0.29) is 5.79 Å². The Hall–Kier alpha value is -0.910. The summed E-state index contributed by atoms with van der Waals surface area (Å²) in [6.07, 6.45) is 6.36. The maximum Gasteiger partial charge on any atom is 0.168 e. The Morgan fingerprint density at radius 3 is 2.63 bits per heavy atom. The molecule has 1 aromatic heterocycles.